The summed E-state index contributed by atoms with van der Waals surface area (Å²) in [5.74, 6) is 0.664. The van der Waals surface area contributed by atoms with Gasteiger partial charge in [-0.05, 0) is 67.9 Å². The standard InChI is InChI=1S/C36H45N9O6Si/c1-21-10-11-37-31(38-21)25-15-26(25)33(47)40-28-16-29(42-34(41-28)49-12-13-51-52(6,7)36(2,3)4)50-20-24-18-44-17-23(22-8-9-22)14-27(32(44)39-24)45-19-30(46)43(5)35(45)48/h10-11,14,16-18,22,25-26H,8-9,12-13,15,19-20H2,1-7H3,(H,40,41,42,47). The third-order valence-corrected chi connectivity index (χ3v) is 14.8. The number of imide groups is 1. The van der Waals surface area contributed by atoms with Crippen molar-refractivity contribution in [3.63, 3.8) is 0 Å². The molecule has 16 heteroatoms. The van der Waals surface area contributed by atoms with Gasteiger partial charge in [-0.15, -0.1) is 0 Å². The van der Waals surface area contributed by atoms with Gasteiger partial charge in [-0.1, -0.05) is 20.8 Å². The number of pyridine rings is 1. The summed E-state index contributed by atoms with van der Waals surface area (Å²) in [6.07, 6.45) is 8.35. The van der Waals surface area contributed by atoms with Gasteiger partial charge in [0.25, 0.3) is 0 Å². The molecule has 4 amide bonds. The number of fused-ring (bicyclic) bond motifs is 1. The molecule has 3 fully saturated rings. The van der Waals surface area contributed by atoms with Gasteiger partial charge < -0.3 is 23.6 Å². The summed E-state index contributed by atoms with van der Waals surface area (Å²) in [6, 6.07) is 4.99. The van der Waals surface area contributed by atoms with Crippen LogP contribution in [-0.4, -0.2) is 87.2 Å². The number of carbonyl (C=O) groups excluding carboxylic acids is 3. The van der Waals surface area contributed by atoms with E-state index in [0.29, 0.717) is 41.8 Å². The molecule has 274 valence electrons. The molecule has 0 radical (unpaired) electrons. The second-order valence-corrected chi connectivity index (χ2v) is 20.1. The summed E-state index contributed by atoms with van der Waals surface area (Å²) in [6.45, 7) is 13.3. The fourth-order valence-corrected chi connectivity index (χ4v) is 6.91. The number of imidazole rings is 1. The minimum Gasteiger partial charge on any atom is -0.471 e. The van der Waals surface area contributed by atoms with Gasteiger partial charge >= 0.3 is 12.0 Å². The third kappa shape index (κ3) is 7.48. The average molecular weight is 728 g/mol. The van der Waals surface area contributed by atoms with Crippen molar-refractivity contribution in [2.24, 2.45) is 5.92 Å². The highest BCUT2D eigenvalue weighted by Crippen LogP contribution is 2.46. The van der Waals surface area contributed by atoms with Crippen LogP contribution in [0.3, 0.4) is 0 Å². The monoisotopic (exact) mass is 727 g/mol. The van der Waals surface area contributed by atoms with Crippen molar-refractivity contribution in [1.82, 2.24) is 34.2 Å². The maximum absolute atomic E-state index is 13.3. The number of hydrogen-bond acceptors (Lipinski definition) is 11. The Hall–Kier alpha value is -4.96. The molecule has 15 nitrogen and oxygen atoms in total. The molecule has 1 aliphatic heterocycles. The van der Waals surface area contributed by atoms with E-state index in [1.54, 1.807) is 12.3 Å². The Morgan fingerprint density at radius 2 is 1.83 bits per heavy atom. The minimum absolute atomic E-state index is 0.0282. The van der Waals surface area contributed by atoms with Gasteiger partial charge in [0.05, 0.1) is 18.0 Å². The first kappa shape index (κ1) is 35.4. The molecule has 4 aromatic rings. The minimum atomic E-state index is -1.99. The molecule has 2 aliphatic carbocycles. The molecule has 0 bridgehead atoms. The van der Waals surface area contributed by atoms with Crippen LogP contribution < -0.4 is 19.7 Å². The van der Waals surface area contributed by atoms with E-state index in [4.69, 9.17) is 18.9 Å². The van der Waals surface area contributed by atoms with Crippen LogP contribution in [0.4, 0.5) is 16.3 Å². The Morgan fingerprint density at radius 3 is 2.52 bits per heavy atom. The lowest BCUT2D eigenvalue weighted by Crippen LogP contribution is -2.41. The molecule has 7 rings (SSSR count). The molecule has 2 unspecified atom stereocenters. The van der Waals surface area contributed by atoms with E-state index in [1.807, 2.05) is 35.9 Å². The molecule has 5 heterocycles. The maximum Gasteiger partial charge on any atom is 0.331 e. The predicted octanol–water partition coefficient (Wildman–Crippen LogP) is 5.22. The van der Waals surface area contributed by atoms with E-state index in [0.717, 1.165) is 29.0 Å². The third-order valence-electron chi connectivity index (χ3n) is 10.3. The molecular formula is C36H45N9O6Si. The van der Waals surface area contributed by atoms with Crippen molar-refractivity contribution in [3.05, 3.63) is 59.6 Å². The van der Waals surface area contributed by atoms with E-state index >= 15 is 0 Å². The van der Waals surface area contributed by atoms with Crippen molar-refractivity contribution in [2.45, 2.75) is 83.5 Å². The smallest absolute Gasteiger partial charge is 0.331 e. The number of likely N-dealkylation sites (N-methyl/N-ethyl adjacent to an activating group) is 1. The highest BCUT2D eigenvalue weighted by atomic mass is 28.4. The quantitative estimate of drug-likeness (QED) is 0.109. The van der Waals surface area contributed by atoms with Gasteiger partial charge in [0, 0.05) is 49.2 Å². The normalized spacial score (nSPS) is 19.1. The highest BCUT2D eigenvalue weighted by molar-refractivity contribution is 6.74. The Morgan fingerprint density at radius 1 is 1.04 bits per heavy atom. The molecule has 0 spiro atoms. The summed E-state index contributed by atoms with van der Waals surface area (Å²) < 4.78 is 20.2. The van der Waals surface area contributed by atoms with Crippen molar-refractivity contribution in [3.8, 4) is 11.9 Å². The van der Waals surface area contributed by atoms with Crippen LogP contribution >= 0.6 is 0 Å². The van der Waals surface area contributed by atoms with E-state index in [2.05, 4.69) is 59.1 Å². The lowest BCUT2D eigenvalue weighted by atomic mass is 10.1. The zero-order valence-corrected chi connectivity index (χ0v) is 31.7. The Balaban J connectivity index is 1.09. The number of nitrogens with zero attached hydrogens (tertiary/aromatic N) is 8. The zero-order chi connectivity index (χ0) is 36.9. The predicted molar refractivity (Wildman–Crippen MR) is 194 cm³/mol. The van der Waals surface area contributed by atoms with Crippen LogP contribution in [0.2, 0.25) is 18.1 Å². The summed E-state index contributed by atoms with van der Waals surface area (Å²) in [5.41, 5.74) is 3.64. The van der Waals surface area contributed by atoms with Gasteiger partial charge in [0.1, 0.15) is 31.4 Å². The maximum atomic E-state index is 13.3. The molecule has 0 aromatic carbocycles. The highest BCUT2D eigenvalue weighted by Gasteiger charge is 2.46. The lowest BCUT2D eigenvalue weighted by molar-refractivity contribution is -0.124. The lowest BCUT2D eigenvalue weighted by Gasteiger charge is -2.36. The number of hydrogen-bond donors (Lipinski definition) is 1. The number of nitrogens with one attached hydrogen (secondary N) is 1. The zero-order valence-electron chi connectivity index (χ0n) is 30.7. The largest absolute Gasteiger partial charge is 0.471 e. The van der Waals surface area contributed by atoms with Crippen molar-refractivity contribution >= 4 is 43.3 Å². The van der Waals surface area contributed by atoms with E-state index < -0.39 is 8.32 Å². The Kier molecular flexibility index (Phi) is 9.23. The molecule has 52 heavy (non-hydrogen) atoms. The molecule has 3 aliphatic rings. The van der Waals surface area contributed by atoms with E-state index in [9.17, 15) is 14.4 Å². The van der Waals surface area contributed by atoms with Crippen LogP contribution in [0.5, 0.6) is 11.9 Å². The Bertz CT molecular complexity index is 2040. The summed E-state index contributed by atoms with van der Waals surface area (Å²) >= 11 is 0. The number of anilines is 2. The van der Waals surface area contributed by atoms with E-state index in [-0.39, 0.29) is 72.2 Å². The Labute approximate surface area is 303 Å². The van der Waals surface area contributed by atoms with Gasteiger partial charge in [-0.3, -0.25) is 19.4 Å². The second-order valence-electron chi connectivity index (χ2n) is 15.3. The number of carbonyl (C=O) groups is 3. The first-order valence-electron chi connectivity index (χ1n) is 17.7. The number of urea groups is 1. The van der Waals surface area contributed by atoms with Crippen molar-refractivity contribution in [2.75, 3.05) is 37.0 Å². The number of aryl methyl sites for hydroxylation is 1. The van der Waals surface area contributed by atoms with Gasteiger partial charge in [0.2, 0.25) is 17.7 Å². The van der Waals surface area contributed by atoms with Crippen molar-refractivity contribution < 1.29 is 28.3 Å². The molecular weight excluding hydrogens is 683 g/mol. The summed E-state index contributed by atoms with van der Waals surface area (Å²) in [5, 5.41) is 2.96. The fourth-order valence-electron chi connectivity index (χ4n) is 5.88. The number of aromatic nitrogens is 6. The molecule has 2 saturated carbocycles. The first-order chi connectivity index (χ1) is 24.7. The SMILES string of the molecule is Cc1ccnc(C2CC2C(=O)Nc2cc(OCc3cn4cc(C5CC5)cc(N5CC(=O)N(C)C5=O)c4n3)nc(OCCO[Si](C)(C)C(C)(C)C)n2)n1. The summed E-state index contributed by atoms with van der Waals surface area (Å²) in [7, 11) is -0.505. The van der Waals surface area contributed by atoms with Crippen molar-refractivity contribution in [1.29, 1.82) is 0 Å². The van der Waals surface area contributed by atoms with E-state index in [1.165, 1.54) is 11.9 Å². The molecule has 1 N–H and O–H groups in total. The van der Waals surface area contributed by atoms with Crippen LogP contribution in [0.25, 0.3) is 5.65 Å². The second kappa shape index (κ2) is 13.5. The fraction of sp³-hybridized carbons (Fsp3) is 0.500. The van der Waals surface area contributed by atoms with Crippen LogP contribution in [0, 0.1) is 12.8 Å². The topological polar surface area (TPSA) is 166 Å². The van der Waals surface area contributed by atoms with Gasteiger partial charge in [0.15, 0.2) is 14.0 Å². The van der Waals surface area contributed by atoms with Crippen LogP contribution in [0.1, 0.15) is 74.6 Å². The molecule has 1 saturated heterocycles. The molecule has 4 aromatic heterocycles. The molecule has 2 atom stereocenters. The van der Waals surface area contributed by atoms with Crippen LogP contribution in [0.15, 0.2) is 36.8 Å². The number of rotatable bonds is 13. The first-order valence-corrected chi connectivity index (χ1v) is 20.6. The number of amides is 4. The van der Waals surface area contributed by atoms with Crippen LogP contribution in [-0.2, 0) is 20.6 Å². The average Bonchev–Trinajstić information content (AvgIpc) is 4.02. The van der Waals surface area contributed by atoms with Gasteiger partial charge in [-0.2, -0.15) is 9.97 Å². The van der Waals surface area contributed by atoms with Gasteiger partial charge in [-0.25, -0.2) is 19.7 Å². The summed E-state index contributed by atoms with van der Waals surface area (Å²) in [4.78, 5) is 63.8. The number of ether oxygens (including phenoxy) is 2.